The monoisotopic (exact) mass is 341 g/mol. The van der Waals surface area contributed by atoms with Crippen molar-refractivity contribution in [1.29, 1.82) is 0 Å². The zero-order valence-electron chi connectivity index (χ0n) is 14.4. The first-order chi connectivity index (χ1) is 12.0. The molecule has 0 unspecified atom stereocenters. The SMILES string of the molecule is CN(c1ncnc2[nH]ccc12)[C@@H]1C[C@@H]2CN(C(=O)C3(O)CC3)C[C@@H]2C1. The lowest BCUT2D eigenvalue weighted by Crippen LogP contribution is -2.40. The van der Waals surface area contributed by atoms with Gasteiger partial charge in [0.1, 0.15) is 23.4 Å². The van der Waals surface area contributed by atoms with Gasteiger partial charge in [-0.3, -0.25) is 4.79 Å². The number of aromatic amines is 1. The third-order valence-electron chi connectivity index (χ3n) is 6.35. The van der Waals surface area contributed by atoms with Crippen LogP contribution in [0.1, 0.15) is 25.7 Å². The highest BCUT2D eigenvalue weighted by Crippen LogP contribution is 2.44. The van der Waals surface area contributed by atoms with Crippen molar-refractivity contribution in [3.8, 4) is 0 Å². The van der Waals surface area contributed by atoms with Crippen molar-refractivity contribution in [3.05, 3.63) is 18.6 Å². The lowest BCUT2D eigenvalue weighted by atomic mass is 10.0. The van der Waals surface area contributed by atoms with E-state index in [1.807, 2.05) is 17.2 Å². The number of rotatable bonds is 3. The van der Waals surface area contributed by atoms with Crippen LogP contribution in [0.25, 0.3) is 11.0 Å². The second-order valence-corrected chi connectivity index (χ2v) is 7.94. The highest BCUT2D eigenvalue weighted by molar-refractivity contribution is 5.88. The summed E-state index contributed by atoms with van der Waals surface area (Å²) in [5.74, 6) is 1.98. The molecule has 25 heavy (non-hydrogen) atoms. The Morgan fingerprint density at radius 1 is 1.32 bits per heavy atom. The average Bonchev–Trinajstić information content (AvgIpc) is 2.99. The van der Waals surface area contributed by atoms with E-state index < -0.39 is 5.60 Å². The highest BCUT2D eigenvalue weighted by atomic mass is 16.3. The van der Waals surface area contributed by atoms with E-state index in [9.17, 15) is 9.90 Å². The van der Waals surface area contributed by atoms with Crippen LogP contribution in [-0.2, 0) is 4.79 Å². The number of hydrogen-bond acceptors (Lipinski definition) is 5. The van der Waals surface area contributed by atoms with Crippen LogP contribution >= 0.6 is 0 Å². The number of anilines is 1. The van der Waals surface area contributed by atoms with Gasteiger partial charge in [0, 0.05) is 32.4 Å². The van der Waals surface area contributed by atoms with Crippen LogP contribution in [0.2, 0.25) is 0 Å². The summed E-state index contributed by atoms with van der Waals surface area (Å²) in [6.45, 7) is 1.58. The number of fused-ring (bicyclic) bond motifs is 2. The Hall–Kier alpha value is -2.15. The summed E-state index contributed by atoms with van der Waals surface area (Å²) < 4.78 is 0. The molecule has 2 saturated carbocycles. The number of H-pyrrole nitrogens is 1. The van der Waals surface area contributed by atoms with E-state index in [4.69, 9.17) is 0 Å². The van der Waals surface area contributed by atoms with Crippen LogP contribution in [0, 0.1) is 11.8 Å². The molecular formula is C18H23N5O2. The molecule has 0 radical (unpaired) electrons. The van der Waals surface area contributed by atoms with Gasteiger partial charge in [-0.05, 0) is 43.6 Å². The molecule has 1 aliphatic heterocycles. The van der Waals surface area contributed by atoms with Crippen LogP contribution in [0.15, 0.2) is 18.6 Å². The van der Waals surface area contributed by atoms with Crippen LogP contribution in [0.4, 0.5) is 5.82 Å². The van der Waals surface area contributed by atoms with E-state index in [1.54, 1.807) is 6.33 Å². The van der Waals surface area contributed by atoms with Gasteiger partial charge in [0.25, 0.3) is 5.91 Å². The Kier molecular flexibility index (Phi) is 3.13. The van der Waals surface area contributed by atoms with Gasteiger partial charge in [0.2, 0.25) is 0 Å². The molecule has 7 heteroatoms. The minimum atomic E-state index is -1.03. The molecule has 3 atom stereocenters. The van der Waals surface area contributed by atoms with Gasteiger partial charge in [-0.25, -0.2) is 9.97 Å². The fourth-order valence-corrected chi connectivity index (χ4v) is 4.69. The van der Waals surface area contributed by atoms with Crippen molar-refractivity contribution in [1.82, 2.24) is 19.9 Å². The molecule has 2 aliphatic carbocycles. The standard InChI is InChI=1S/C18H23N5O2/c1-22(16-14-2-5-19-15(14)20-10-21-16)13-6-11-8-23(9-12(11)7-13)17(24)18(25)3-4-18/h2,5,10-13,25H,3-4,6-9H2,1H3,(H,19,20,21)/t11-,12+,13-. The molecule has 0 aromatic carbocycles. The summed E-state index contributed by atoms with van der Waals surface area (Å²) in [6.07, 6.45) is 6.90. The molecule has 0 spiro atoms. The number of hydrogen-bond donors (Lipinski definition) is 2. The minimum Gasteiger partial charge on any atom is -0.380 e. The largest absolute Gasteiger partial charge is 0.380 e. The average molecular weight is 341 g/mol. The topological polar surface area (TPSA) is 85.4 Å². The van der Waals surface area contributed by atoms with Gasteiger partial charge in [-0.2, -0.15) is 0 Å². The summed E-state index contributed by atoms with van der Waals surface area (Å²) in [5, 5.41) is 11.1. The summed E-state index contributed by atoms with van der Waals surface area (Å²) >= 11 is 0. The van der Waals surface area contributed by atoms with Gasteiger partial charge in [-0.15, -0.1) is 0 Å². The van der Waals surface area contributed by atoms with Crippen LogP contribution < -0.4 is 4.90 Å². The van der Waals surface area contributed by atoms with Gasteiger partial charge in [0.05, 0.1) is 5.39 Å². The normalized spacial score (nSPS) is 29.8. The predicted molar refractivity (Wildman–Crippen MR) is 93.1 cm³/mol. The van der Waals surface area contributed by atoms with E-state index in [0.29, 0.717) is 30.7 Å². The summed E-state index contributed by atoms with van der Waals surface area (Å²) in [5.41, 5.74) is -0.167. The third kappa shape index (κ3) is 2.33. The second-order valence-electron chi connectivity index (χ2n) is 7.94. The number of nitrogens with one attached hydrogen (secondary N) is 1. The maximum absolute atomic E-state index is 12.4. The predicted octanol–water partition coefficient (Wildman–Crippen LogP) is 1.16. The number of likely N-dealkylation sites (tertiary alicyclic amines) is 1. The number of carbonyl (C=O) groups is 1. The fourth-order valence-electron chi connectivity index (χ4n) is 4.69. The first-order valence-electron chi connectivity index (χ1n) is 9.08. The van der Waals surface area contributed by atoms with Gasteiger partial charge >= 0.3 is 0 Å². The Morgan fingerprint density at radius 2 is 2.04 bits per heavy atom. The molecule has 3 fully saturated rings. The maximum Gasteiger partial charge on any atom is 0.254 e. The third-order valence-corrected chi connectivity index (χ3v) is 6.35. The minimum absolute atomic E-state index is 0.0448. The van der Waals surface area contributed by atoms with Crippen molar-refractivity contribution < 1.29 is 9.90 Å². The second kappa shape index (κ2) is 5.17. The van der Waals surface area contributed by atoms with E-state index in [0.717, 1.165) is 42.8 Å². The molecule has 132 valence electrons. The summed E-state index contributed by atoms with van der Waals surface area (Å²) in [4.78, 5) is 28.4. The molecule has 1 amide bonds. The van der Waals surface area contributed by atoms with Crippen molar-refractivity contribution in [2.75, 3.05) is 25.0 Å². The number of aromatic nitrogens is 3. The Labute approximate surface area is 146 Å². The lowest BCUT2D eigenvalue weighted by molar-refractivity contribution is -0.141. The van der Waals surface area contributed by atoms with Crippen molar-refractivity contribution in [2.24, 2.45) is 11.8 Å². The lowest BCUT2D eigenvalue weighted by Gasteiger charge is -2.28. The first kappa shape index (κ1) is 15.1. The first-order valence-corrected chi connectivity index (χ1v) is 9.08. The molecule has 3 aliphatic rings. The van der Waals surface area contributed by atoms with Crippen LogP contribution in [0.5, 0.6) is 0 Å². The molecule has 2 aromatic heterocycles. The van der Waals surface area contributed by atoms with Crippen LogP contribution in [0.3, 0.4) is 0 Å². The summed E-state index contributed by atoms with van der Waals surface area (Å²) in [6, 6.07) is 2.46. The molecular weight excluding hydrogens is 318 g/mol. The molecule has 1 saturated heterocycles. The Balaban J connectivity index is 1.29. The number of aliphatic hydroxyl groups is 1. The molecule has 3 heterocycles. The summed E-state index contributed by atoms with van der Waals surface area (Å²) in [7, 11) is 2.11. The fraction of sp³-hybridized carbons (Fsp3) is 0.611. The number of nitrogens with zero attached hydrogens (tertiary/aromatic N) is 4. The zero-order valence-corrected chi connectivity index (χ0v) is 14.4. The van der Waals surface area contributed by atoms with Gasteiger partial charge in [-0.1, -0.05) is 0 Å². The molecule has 7 nitrogen and oxygen atoms in total. The van der Waals surface area contributed by atoms with E-state index in [-0.39, 0.29) is 5.91 Å². The quantitative estimate of drug-likeness (QED) is 0.875. The van der Waals surface area contributed by atoms with E-state index >= 15 is 0 Å². The smallest absolute Gasteiger partial charge is 0.254 e. The van der Waals surface area contributed by atoms with E-state index in [1.165, 1.54) is 0 Å². The Morgan fingerprint density at radius 3 is 2.72 bits per heavy atom. The molecule has 0 bridgehead atoms. The van der Waals surface area contributed by atoms with E-state index in [2.05, 4.69) is 26.9 Å². The molecule has 2 aromatic rings. The Bertz CT molecular complexity index is 816. The zero-order chi connectivity index (χ0) is 17.2. The van der Waals surface area contributed by atoms with Gasteiger partial charge in [0.15, 0.2) is 0 Å². The van der Waals surface area contributed by atoms with Crippen LogP contribution in [-0.4, -0.2) is 62.6 Å². The van der Waals surface area contributed by atoms with Crippen molar-refractivity contribution in [3.63, 3.8) is 0 Å². The molecule has 2 N–H and O–H groups in total. The van der Waals surface area contributed by atoms with Gasteiger partial charge < -0.3 is 19.9 Å². The van der Waals surface area contributed by atoms with Crippen molar-refractivity contribution >= 4 is 22.8 Å². The maximum atomic E-state index is 12.4. The molecule has 5 rings (SSSR count). The number of carbonyl (C=O) groups excluding carboxylic acids is 1. The van der Waals surface area contributed by atoms with Crippen molar-refractivity contribution in [2.45, 2.75) is 37.3 Å². The number of amides is 1. The highest BCUT2D eigenvalue weighted by Gasteiger charge is 2.53.